The van der Waals surface area contributed by atoms with Crippen LogP contribution >= 0.6 is 11.8 Å². The Bertz CT molecular complexity index is 1040. The van der Waals surface area contributed by atoms with Gasteiger partial charge in [0.25, 0.3) is 0 Å². The molecule has 0 radical (unpaired) electrons. The number of para-hydroxylation sites is 1. The van der Waals surface area contributed by atoms with E-state index in [2.05, 4.69) is 21.9 Å². The van der Waals surface area contributed by atoms with Crippen LogP contribution in [0.1, 0.15) is 11.1 Å². The fraction of sp³-hybridized carbons (Fsp3) is 0.190. The van der Waals surface area contributed by atoms with Crippen LogP contribution in [-0.4, -0.2) is 40.5 Å². The molecule has 5 rings (SSSR count). The van der Waals surface area contributed by atoms with Gasteiger partial charge in [-0.3, -0.25) is 19.9 Å². The first-order valence-corrected chi connectivity index (χ1v) is 10.4. The number of hydrogen-bond acceptors (Lipinski definition) is 6. The molecule has 146 valence electrons. The third kappa shape index (κ3) is 3.25. The van der Waals surface area contributed by atoms with Crippen molar-refractivity contribution in [1.82, 2.24) is 15.6 Å². The fourth-order valence-electron chi connectivity index (χ4n) is 3.78. The molecule has 2 aromatic rings. The summed E-state index contributed by atoms with van der Waals surface area (Å²) in [5.74, 6) is 0.148. The quantitative estimate of drug-likeness (QED) is 0.816. The number of hydrogen-bond donors (Lipinski definition) is 2. The molecule has 1 atom stereocenters. The maximum atomic E-state index is 12.9. The molecule has 7 nitrogen and oxygen atoms in total. The van der Waals surface area contributed by atoms with E-state index < -0.39 is 6.29 Å². The second-order valence-corrected chi connectivity index (χ2v) is 7.86. The van der Waals surface area contributed by atoms with E-state index in [0.29, 0.717) is 11.7 Å². The lowest BCUT2D eigenvalue weighted by atomic mass is 10.1. The van der Waals surface area contributed by atoms with Gasteiger partial charge in [-0.15, -0.1) is 0 Å². The number of thioether (sulfide) groups is 1. The third-order valence-electron chi connectivity index (χ3n) is 5.14. The molecule has 1 unspecified atom stereocenters. The van der Waals surface area contributed by atoms with Gasteiger partial charge in [-0.05, 0) is 23.6 Å². The first-order chi connectivity index (χ1) is 14.2. The standard InChI is InChI=1S/C21H19N5O2S/c27-18-12-17(14-6-2-1-3-7-14)26-20(22-18)23-24-21(26)29-13-19(28)25-11-10-15-8-4-5-9-16(15)25/h1-9,12,20,23H,10-11,13H2,(H,22,27). The van der Waals surface area contributed by atoms with E-state index in [0.717, 1.165) is 23.4 Å². The molecule has 0 saturated heterocycles. The maximum Gasteiger partial charge on any atom is 0.249 e. The lowest BCUT2D eigenvalue weighted by molar-refractivity contribution is -0.118. The molecule has 0 aliphatic carbocycles. The van der Waals surface area contributed by atoms with E-state index in [1.165, 1.54) is 17.3 Å². The molecule has 3 heterocycles. The molecule has 0 saturated carbocycles. The number of fused-ring (bicyclic) bond motifs is 2. The van der Waals surface area contributed by atoms with Gasteiger partial charge in [-0.2, -0.15) is 5.10 Å². The lowest BCUT2D eigenvalue weighted by Gasteiger charge is -2.32. The van der Waals surface area contributed by atoms with Crippen molar-refractivity contribution in [1.29, 1.82) is 0 Å². The minimum atomic E-state index is -0.451. The van der Waals surface area contributed by atoms with Crippen molar-refractivity contribution in [3.05, 3.63) is 71.8 Å². The van der Waals surface area contributed by atoms with Crippen molar-refractivity contribution in [2.75, 3.05) is 17.2 Å². The molecule has 8 heteroatoms. The molecular weight excluding hydrogens is 386 g/mol. The Kier molecular flexibility index (Phi) is 4.48. The predicted octanol–water partition coefficient (Wildman–Crippen LogP) is 1.94. The zero-order chi connectivity index (χ0) is 19.8. The minimum absolute atomic E-state index is 0.0531. The molecule has 0 fully saturated rings. The van der Waals surface area contributed by atoms with E-state index >= 15 is 0 Å². The van der Waals surface area contributed by atoms with Crippen LogP contribution in [0.4, 0.5) is 5.69 Å². The summed E-state index contributed by atoms with van der Waals surface area (Å²) in [4.78, 5) is 28.7. The fourth-order valence-corrected chi connectivity index (χ4v) is 4.65. The second-order valence-electron chi connectivity index (χ2n) is 6.91. The molecule has 29 heavy (non-hydrogen) atoms. The van der Waals surface area contributed by atoms with Crippen LogP contribution in [0.25, 0.3) is 5.70 Å². The number of hydrazone groups is 1. The monoisotopic (exact) mass is 405 g/mol. The highest BCUT2D eigenvalue weighted by molar-refractivity contribution is 8.14. The first-order valence-electron chi connectivity index (χ1n) is 9.42. The molecule has 2 aromatic carbocycles. The van der Waals surface area contributed by atoms with Crippen LogP contribution in [-0.2, 0) is 16.0 Å². The molecule has 3 aliphatic heterocycles. The van der Waals surface area contributed by atoms with Gasteiger partial charge in [-0.1, -0.05) is 60.3 Å². The highest BCUT2D eigenvalue weighted by atomic mass is 32.2. The van der Waals surface area contributed by atoms with Gasteiger partial charge in [0.15, 0.2) is 11.5 Å². The van der Waals surface area contributed by atoms with Gasteiger partial charge in [0.1, 0.15) is 0 Å². The average molecular weight is 405 g/mol. The van der Waals surface area contributed by atoms with Crippen LogP contribution in [0, 0.1) is 0 Å². The van der Waals surface area contributed by atoms with E-state index in [4.69, 9.17) is 0 Å². The highest BCUT2D eigenvalue weighted by Gasteiger charge is 2.36. The van der Waals surface area contributed by atoms with Crippen molar-refractivity contribution >= 4 is 40.1 Å². The number of benzene rings is 2. The number of carbonyl (C=O) groups excluding carboxylic acids is 2. The van der Waals surface area contributed by atoms with Crippen molar-refractivity contribution < 1.29 is 9.59 Å². The summed E-state index contributed by atoms with van der Waals surface area (Å²) in [6.45, 7) is 0.709. The van der Waals surface area contributed by atoms with E-state index in [1.54, 1.807) is 6.08 Å². The summed E-state index contributed by atoms with van der Waals surface area (Å²) in [5, 5.41) is 7.86. The number of nitrogens with one attached hydrogen (secondary N) is 2. The summed E-state index contributed by atoms with van der Waals surface area (Å²) >= 11 is 1.37. The van der Waals surface area contributed by atoms with Crippen molar-refractivity contribution in [2.24, 2.45) is 5.10 Å². The van der Waals surface area contributed by atoms with Crippen molar-refractivity contribution in [2.45, 2.75) is 12.7 Å². The Morgan fingerprint density at radius 2 is 1.93 bits per heavy atom. The molecule has 0 aromatic heterocycles. The minimum Gasteiger partial charge on any atom is -0.314 e. The predicted molar refractivity (Wildman–Crippen MR) is 114 cm³/mol. The van der Waals surface area contributed by atoms with Crippen LogP contribution in [0.15, 0.2) is 65.8 Å². The van der Waals surface area contributed by atoms with Crippen LogP contribution in [0.3, 0.4) is 0 Å². The van der Waals surface area contributed by atoms with Gasteiger partial charge in [0.05, 0.1) is 11.4 Å². The Balaban J connectivity index is 1.33. The molecular formula is C21H19N5O2S. The Labute approximate surface area is 172 Å². The number of carbonyl (C=O) groups is 2. The van der Waals surface area contributed by atoms with Gasteiger partial charge >= 0.3 is 0 Å². The number of anilines is 1. The summed E-state index contributed by atoms with van der Waals surface area (Å²) in [5.41, 5.74) is 6.83. The molecule has 0 bridgehead atoms. The van der Waals surface area contributed by atoms with Crippen molar-refractivity contribution in [3.8, 4) is 0 Å². The van der Waals surface area contributed by atoms with E-state index in [1.807, 2.05) is 58.3 Å². The zero-order valence-electron chi connectivity index (χ0n) is 15.5. The number of rotatable bonds is 3. The number of amidine groups is 1. The van der Waals surface area contributed by atoms with Gasteiger partial charge in [0, 0.05) is 18.3 Å². The van der Waals surface area contributed by atoms with Crippen LogP contribution in [0.5, 0.6) is 0 Å². The SMILES string of the molecule is O=C1C=C(c2ccccc2)N2C(SCC(=O)N3CCc4ccccc43)=NNC2N1. The maximum absolute atomic E-state index is 12.9. The molecule has 0 spiro atoms. The molecule has 3 aliphatic rings. The highest BCUT2D eigenvalue weighted by Crippen LogP contribution is 2.31. The summed E-state index contributed by atoms with van der Waals surface area (Å²) in [6.07, 6.45) is 2.00. The van der Waals surface area contributed by atoms with Crippen molar-refractivity contribution in [3.63, 3.8) is 0 Å². The van der Waals surface area contributed by atoms with Crippen LogP contribution in [0.2, 0.25) is 0 Å². The Morgan fingerprint density at radius 1 is 1.14 bits per heavy atom. The number of nitrogens with zero attached hydrogens (tertiary/aromatic N) is 3. The van der Waals surface area contributed by atoms with E-state index in [-0.39, 0.29) is 17.6 Å². The van der Waals surface area contributed by atoms with Crippen LogP contribution < -0.4 is 15.6 Å². The Morgan fingerprint density at radius 3 is 2.79 bits per heavy atom. The summed E-state index contributed by atoms with van der Waals surface area (Å²) in [6, 6.07) is 17.7. The zero-order valence-corrected chi connectivity index (χ0v) is 16.4. The topological polar surface area (TPSA) is 77.0 Å². The number of amides is 2. The van der Waals surface area contributed by atoms with Gasteiger partial charge in [-0.25, -0.2) is 0 Å². The normalized spacial score (nSPS) is 19.7. The van der Waals surface area contributed by atoms with Gasteiger partial charge < -0.3 is 10.2 Å². The van der Waals surface area contributed by atoms with E-state index in [9.17, 15) is 9.59 Å². The summed E-state index contributed by atoms with van der Waals surface area (Å²) < 4.78 is 0. The second kappa shape index (κ2) is 7.29. The smallest absolute Gasteiger partial charge is 0.249 e. The summed E-state index contributed by atoms with van der Waals surface area (Å²) in [7, 11) is 0. The third-order valence-corrected chi connectivity index (χ3v) is 6.07. The average Bonchev–Trinajstić information content (AvgIpc) is 3.36. The Hall–Kier alpha value is -3.26. The largest absolute Gasteiger partial charge is 0.314 e. The molecule has 2 amide bonds. The van der Waals surface area contributed by atoms with Gasteiger partial charge in [0.2, 0.25) is 11.8 Å². The first kappa shape index (κ1) is 17.8. The lowest BCUT2D eigenvalue weighted by Crippen LogP contribution is -2.54. The molecule has 2 N–H and O–H groups in total.